The average molecular weight is 177 g/mol. The summed E-state index contributed by atoms with van der Waals surface area (Å²) in [5.41, 5.74) is 0.884. The van der Waals surface area contributed by atoms with E-state index in [1.807, 2.05) is 30.1 Å². The number of aryl methyl sites for hydroxylation is 1. The molecule has 1 aromatic rings. The zero-order valence-electron chi connectivity index (χ0n) is 7.99. The van der Waals surface area contributed by atoms with Gasteiger partial charge in [0.1, 0.15) is 0 Å². The van der Waals surface area contributed by atoms with E-state index in [2.05, 4.69) is 0 Å². The lowest BCUT2D eigenvalue weighted by molar-refractivity contribution is 0.0923. The second kappa shape index (κ2) is 3.36. The molecular formula is C11H15NO. The van der Waals surface area contributed by atoms with Gasteiger partial charge in [0.05, 0.1) is 0 Å². The van der Waals surface area contributed by atoms with Crippen LogP contribution in [0.4, 0.5) is 0 Å². The van der Waals surface area contributed by atoms with Crippen molar-refractivity contribution in [1.82, 2.24) is 4.57 Å². The zero-order chi connectivity index (χ0) is 9.26. The highest BCUT2D eigenvalue weighted by Gasteiger charge is 2.23. The first-order chi connectivity index (χ1) is 6.27. The summed E-state index contributed by atoms with van der Waals surface area (Å²) in [4.78, 5) is 11.8. The van der Waals surface area contributed by atoms with Crippen molar-refractivity contribution in [3.05, 3.63) is 24.0 Å². The first-order valence-corrected chi connectivity index (χ1v) is 4.93. The van der Waals surface area contributed by atoms with Crippen LogP contribution in [0, 0.1) is 5.92 Å². The van der Waals surface area contributed by atoms with Gasteiger partial charge in [-0.1, -0.05) is 12.8 Å². The van der Waals surface area contributed by atoms with E-state index in [0.717, 1.165) is 18.4 Å². The Kier molecular flexibility index (Phi) is 2.21. The molecule has 0 N–H and O–H groups in total. The van der Waals surface area contributed by atoms with E-state index in [1.54, 1.807) is 0 Å². The van der Waals surface area contributed by atoms with E-state index in [1.165, 1.54) is 12.8 Å². The summed E-state index contributed by atoms with van der Waals surface area (Å²) in [5, 5.41) is 0. The highest BCUT2D eigenvalue weighted by atomic mass is 16.1. The van der Waals surface area contributed by atoms with Crippen molar-refractivity contribution >= 4 is 5.78 Å². The fourth-order valence-corrected chi connectivity index (χ4v) is 2.07. The lowest BCUT2D eigenvalue weighted by atomic mass is 9.98. The van der Waals surface area contributed by atoms with Gasteiger partial charge in [-0.2, -0.15) is 0 Å². The van der Waals surface area contributed by atoms with Crippen LogP contribution < -0.4 is 0 Å². The molecule has 1 aliphatic rings. The number of aromatic nitrogens is 1. The monoisotopic (exact) mass is 177 g/mol. The van der Waals surface area contributed by atoms with E-state index in [9.17, 15) is 4.79 Å². The summed E-state index contributed by atoms with van der Waals surface area (Å²) >= 11 is 0. The third kappa shape index (κ3) is 1.67. The number of Topliss-reactive ketones (excluding diaryl/α,β-unsaturated/α-hetero) is 1. The summed E-state index contributed by atoms with van der Waals surface area (Å²) in [6.07, 6.45) is 8.48. The van der Waals surface area contributed by atoms with Gasteiger partial charge >= 0.3 is 0 Å². The molecule has 0 radical (unpaired) electrons. The maximum absolute atomic E-state index is 11.8. The third-order valence-electron chi connectivity index (χ3n) is 2.84. The molecule has 0 saturated heterocycles. The van der Waals surface area contributed by atoms with Crippen molar-refractivity contribution in [1.29, 1.82) is 0 Å². The number of ketones is 1. The Balaban J connectivity index is 2.12. The lowest BCUT2D eigenvalue weighted by Crippen LogP contribution is -2.09. The molecule has 0 spiro atoms. The fourth-order valence-electron chi connectivity index (χ4n) is 2.07. The number of hydrogen-bond acceptors (Lipinski definition) is 1. The summed E-state index contributed by atoms with van der Waals surface area (Å²) in [6, 6.07) is 1.92. The molecule has 0 amide bonds. The lowest BCUT2D eigenvalue weighted by Gasteiger charge is -2.04. The quantitative estimate of drug-likeness (QED) is 0.636. The van der Waals surface area contributed by atoms with Gasteiger partial charge in [-0.05, 0) is 18.9 Å². The molecule has 1 aromatic heterocycles. The van der Waals surface area contributed by atoms with Gasteiger partial charge in [-0.25, -0.2) is 0 Å². The molecule has 0 unspecified atom stereocenters. The highest BCUT2D eigenvalue weighted by molar-refractivity contribution is 5.97. The van der Waals surface area contributed by atoms with Gasteiger partial charge in [-0.3, -0.25) is 4.79 Å². The summed E-state index contributed by atoms with van der Waals surface area (Å²) < 4.78 is 1.93. The first-order valence-electron chi connectivity index (χ1n) is 4.93. The molecular weight excluding hydrogens is 162 g/mol. The molecule has 2 rings (SSSR count). The summed E-state index contributed by atoms with van der Waals surface area (Å²) in [5.74, 6) is 0.653. The van der Waals surface area contributed by atoms with Gasteiger partial charge in [-0.15, -0.1) is 0 Å². The van der Waals surface area contributed by atoms with Crippen LogP contribution in [0.3, 0.4) is 0 Å². The molecule has 2 nitrogen and oxygen atoms in total. The molecule has 0 aliphatic heterocycles. The van der Waals surface area contributed by atoms with Crippen molar-refractivity contribution < 1.29 is 4.79 Å². The maximum Gasteiger partial charge on any atom is 0.167 e. The largest absolute Gasteiger partial charge is 0.357 e. The molecule has 70 valence electrons. The van der Waals surface area contributed by atoms with Crippen molar-refractivity contribution in [2.24, 2.45) is 13.0 Å². The van der Waals surface area contributed by atoms with Crippen molar-refractivity contribution in [3.63, 3.8) is 0 Å². The van der Waals surface area contributed by atoms with Gasteiger partial charge in [0.25, 0.3) is 0 Å². The highest BCUT2D eigenvalue weighted by Crippen LogP contribution is 2.27. The Hall–Kier alpha value is -1.05. The second-order valence-electron chi connectivity index (χ2n) is 3.91. The van der Waals surface area contributed by atoms with Crippen LogP contribution >= 0.6 is 0 Å². The summed E-state index contributed by atoms with van der Waals surface area (Å²) in [6.45, 7) is 0. The molecule has 1 aliphatic carbocycles. The minimum atomic E-state index is 0.308. The van der Waals surface area contributed by atoms with Gasteiger partial charge < -0.3 is 4.57 Å². The van der Waals surface area contributed by atoms with Gasteiger partial charge in [0, 0.05) is 30.9 Å². The van der Waals surface area contributed by atoms with Crippen molar-refractivity contribution in [3.8, 4) is 0 Å². The third-order valence-corrected chi connectivity index (χ3v) is 2.84. The van der Waals surface area contributed by atoms with Crippen LogP contribution in [0.5, 0.6) is 0 Å². The molecule has 13 heavy (non-hydrogen) atoms. The molecule has 0 aromatic carbocycles. The number of hydrogen-bond donors (Lipinski definition) is 0. The number of rotatable bonds is 2. The minimum Gasteiger partial charge on any atom is -0.357 e. The molecule has 1 heterocycles. The standard InChI is InChI=1S/C11H15NO/c1-12-7-6-10(8-12)11(13)9-4-2-3-5-9/h6-9H,2-5H2,1H3. The predicted octanol–water partition coefficient (Wildman–Crippen LogP) is 2.40. The molecule has 1 fully saturated rings. The Morgan fingerprint density at radius 1 is 1.46 bits per heavy atom. The average Bonchev–Trinajstić information content (AvgIpc) is 2.72. The van der Waals surface area contributed by atoms with Crippen LogP contribution in [0.2, 0.25) is 0 Å². The van der Waals surface area contributed by atoms with Crippen molar-refractivity contribution in [2.75, 3.05) is 0 Å². The summed E-state index contributed by atoms with van der Waals surface area (Å²) in [7, 11) is 1.95. The smallest absolute Gasteiger partial charge is 0.167 e. The van der Waals surface area contributed by atoms with Crippen LogP contribution in [0.25, 0.3) is 0 Å². The Labute approximate surface area is 78.6 Å². The molecule has 2 heteroatoms. The Morgan fingerprint density at radius 2 is 2.15 bits per heavy atom. The predicted molar refractivity (Wildman–Crippen MR) is 51.7 cm³/mol. The molecule has 0 bridgehead atoms. The number of carbonyl (C=O) groups is 1. The van der Waals surface area contributed by atoms with E-state index >= 15 is 0 Å². The maximum atomic E-state index is 11.8. The minimum absolute atomic E-state index is 0.308. The van der Waals surface area contributed by atoms with E-state index in [-0.39, 0.29) is 0 Å². The number of nitrogens with zero attached hydrogens (tertiary/aromatic N) is 1. The zero-order valence-corrected chi connectivity index (χ0v) is 7.99. The van der Waals surface area contributed by atoms with E-state index < -0.39 is 0 Å². The van der Waals surface area contributed by atoms with Crippen molar-refractivity contribution in [2.45, 2.75) is 25.7 Å². The van der Waals surface area contributed by atoms with Crippen LogP contribution in [0.1, 0.15) is 36.0 Å². The van der Waals surface area contributed by atoms with Crippen LogP contribution in [0.15, 0.2) is 18.5 Å². The van der Waals surface area contributed by atoms with Gasteiger partial charge in [0.15, 0.2) is 5.78 Å². The second-order valence-corrected chi connectivity index (χ2v) is 3.91. The first kappa shape index (κ1) is 8.54. The van der Waals surface area contributed by atoms with Gasteiger partial charge in [0.2, 0.25) is 0 Å². The topological polar surface area (TPSA) is 22.0 Å². The van der Waals surface area contributed by atoms with Crippen LogP contribution in [-0.4, -0.2) is 10.4 Å². The molecule has 0 atom stereocenters. The van der Waals surface area contributed by atoms with E-state index in [4.69, 9.17) is 0 Å². The Morgan fingerprint density at radius 3 is 2.69 bits per heavy atom. The SMILES string of the molecule is Cn1ccc(C(=O)C2CCCC2)c1. The Bertz CT molecular complexity index is 308. The number of carbonyl (C=O) groups excluding carboxylic acids is 1. The van der Waals surface area contributed by atoms with Crippen LogP contribution in [-0.2, 0) is 7.05 Å². The fraction of sp³-hybridized carbons (Fsp3) is 0.545. The molecule has 1 saturated carbocycles. The normalized spacial score (nSPS) is 17.9. The van der Waals surface area contributed by atoms with E-state index in [0.29, 0.717) is 11.7 Å².